The summed E-state index contributed by atoms with van der Waals surface area (Å²) in [5.74, 6) is 0. The fourth-order valence-corrected chi connectivity index (χ4v) is 2.05. The van der Waals surface area contributed by atoms with Crippen LogP contribution in [0, 0.1) is 6.92 Å². The first-order valence-electron chi connectivity index (χ1n) is 5.03. The van der Waals surface area contributed by atoms with Gasteiger partial charge in [0.1, 0.15) is 6.26 Å². The molecule has 0 saturated carbocycles. The highest BCUT2D eigenvalue weighted by molar-refractivity contribution is 7.99. The van der Waals surface area contributed by atoms with Gasteiger partial charge in [0.15, 0.2) is 0 Å². The lowest BCUT2D eigenvalue weighted by molar-refractivity contribution is 0.199. The second kappa shape index (κ2) is 4.72. The van der Waals surface area contributed by atoms with Crippen molar-refractivity contribution in [3.05, 3.63) is 41.8 Å². The van der Waals surface area contributed by atoms with Crippen molar-refractivity contribution in [2.24, 2.45) is 0 Å². The molecule has 1 atom stereocenters. The van der Waals surface area contributed by atoms with Crippen LogP contribution in [0.15, 0.2) is 45.1 Å². The fraction of sp³-hybridized carbons (Fsp3) is 0.250. The number of oxazole rings is 1. The molecule has 0 spiro atoms. The zero-order valence-corrected chi connectivity index (χ0v) is 9.99. The Balaban J connectivity index is 2.11. The van der Waals surface area contributed by atoms with Gasteiger partial charge in [-0.1, -0.05) is 12.1 Å². The largest absolute Gasteiger partial charge is 0.439 e. The van der Waals surface area contributed by atoms with Crippen LogP contribution in [0.5, 0.6) is 0 Å². The molecule has 1 aromatic heterocycles. The lowest BCUT2D eigenvalue weighted by atomic mass is 10.1. The number of aryl methyl sites for hydroxylation is 1. The number of aliphatic hydroxyl groups excluding tert-OH is 1. The fourth-order valence-electron chi connectivity index (χ4n) is 1.29. The van der Waals surface area contributed by atoms with Crippen molar-refractivity contribution in [1.82, 2.24) is 4.98 Å². The Kier molecular flexibility index (Phi) is 3.31. The van der Waals surface area contributed by atoms with Crippen LogP contribution in [0.3, 0.4) is 0 Å². The molecule has 0 saturated heterocycles. The molecule has 0 aliphatic rings. The first kappa shape index (κ1) is 11.2. The topological polar surface area (TPSA) is 46.3 Å². The number of hydrogen-bond acceptors (Lipinski definition) is 4. The normalized spacial score (nSPS) is 12.7. The molecule has 2 aromatic rings. The van der Waals surface area contributed by atoms with Gasteiger partial charge in [0.05, 0.1) is 11.8 Å². The van der Waals surface area contributed by atoms with E-state index in [1.54, 1.807) is 13.2 Å². The summed E-state index contributed by atoms with van der Waals surface area (Å²) in [5.41, 5.74) is 1.79. The quantitative estimate of drug-likeness (QED) is 0.887. The van der Waals surface area contributed by atoms with Gasteiger partial charge in [0.2, 0.25) is 0 Å². The van der Waals surface area contributed by atoms with Crippen molar-refractivity contribution in [3.8, 4) is 0 Å². The summed E-state index contributed by atoms with van der Waals surface area (Å²) >= 11 is 1.47. The molecule has 84 valence electrons. The van der Waals surface area contributed by atoms with E-state index in [0.717, 1.165) is 16.2 Å². The van der Waals surface area contributed by atoms with Crippen LogP contribution in [-0.2, 0) is 0 Å². The Bertz CT molecular complexity index is 462. The van der Waals surface area contributed by atoms with Gasteiger partial charge in [0.25, 0.3) is 5.22 Å². The van der Waals surface area contributed by atoms with E-state index in [4.69, 9.17) is 4.42 Å². The van der Waals surface area contributed by atoms with Crippen molar-refractivity contribution in [3.63, 3.8) is 0 Å². The molecule has 1 heterocycles. The van der Waals surface area contributed by atoms with Crippen LogP contribution in [0.25, 0.3) is 0 Å². The van der Waals surface area contributed by atoms with Gasteiger partial charge in [-0.05, 0) is 43.3 Å². The number of hydrogen-bond donors (Lipinski definition) is 1. The molecule has 16 heavy (non-hydrogen) atoms. The van der Waals surface area contributed by atoms with Crippen molar-refractivity contribution in [2.75, 3.05) is 0 Å². The first-order valence-corrected chi connectivity index (χ1v) is 5.85. The lowest BCUT2D eigenvalue weighted by Crippen LogP contribution is -1.89. The molecule has 0 amide bonds. The van der Waals surface area contributed by atoms with Gasteiger partial charge in [-0.25, -0.2) is 4.98 Å². The third-order valence-corrected chi connectivity index (χ3v) is 3.04. The van der Waals surface area contributed by atoms with E-state index in [1.807, 2.05) is 31.2 Å². The molecule has 4 heteroatoms. The van der Waals surface area contributed by atoms with Crippen molar-refractivity contribution in [2.45, 2.75) is 30.1 Å². The van der Waals surface area contributed by atoms with Crippen LogP contribution in [-0.4, -0.2) is 10.1 Å². The van der Waals surface area contributed by atoms with Crippen LogP contribution in [0.4, 0.5) is 0 Å². The summed E-state index contributed by atoms with van der Waals surface area (Å²) < 4.78 is 5.25. The van der Waals surface area contributed by atoms with E-state index in [-0.39, 0.29) is 0 Å². The molecule has 1 unspecified atom stereocenters. The average molecular weight is 235 g/mol. The maximum atomic E-state index is 9.37. The van der Waals surface area contributed by atoms with Gasteiger partial charge in [-0.2, -0.15) is 0 Å². The molecule has 1 aromatic carbocycles. The summed E-state index contributed by atoms with van der Waals surface area (Å²) in [6, 6.07) is 7.71. The molecule has 0 fully saturated rings. The Hall–Kier alpha value is -1.26. The first-order chi connectivity index (χ1) is 7.65. The minimum atomic E-state index is -0.428. The van der Waals surface area contributed by atoms with E-state index in [0.29, 0.717) is 5.22 Å². The SMILES string of the molecule is Cc1coc(Sc2ccc(C(C)O)cc2)n1. The summed E-state index contributed by atoms with van der Waals surface area (Å²) in [5, 5.41) is 10.0. The molecule has 0 bridgehead atoms. The van der Waals surface area contributed by atoms with Crippen LogP contribution in [0.2, 0.25) is 0 Å². The predicted octanol–water partition coefficient (Wildman–Crippen LogP) is 3.19. The molecule has 0 radical (unpaired) electrons. The van der Waals surface area contributed by atoms with Crippen LogP contribution >= 0.6 is 11.8 Å². The summed E-state index contributed by atoms with van der Waals surface area (Å²) in [6.07, 6.45) is 1.20. The molecule has 2 rings (SSSR count). The standard InChI is InChI=1S/C12H13NO2S/c1-8-7-15-12(13-8)16-11-5-3-10(4-6-11)9(2)14/h3-7,9,14H,1-2H3. The van der Waals surface area contributed by atoms with Crippen LogP contribution < -0.4 is 0 Å². The third kappa shape index (κ3) is 2.65. The van der Waals surface area contributed by atoms with Crippen LogP contribution in [0.1, 0.15) is 24.3 Å². The van der Waals surface area contributed by atoms with Gasteiger partial charge in [-0.15, -0.1) is 0 Å². The zero-order chi connectivity index (χ0) is 11.5. The predicted molar refractivity (Wildman–Crippen MR) is 62.4 cm³/mol. The monoisotopic (exact) mass is 235 g/mol. The number of nitrogens with zero attached hydrogens (tertiary/aromatic N) is 1. The maximum Gasteiger partial charge on any atom is 0.260 e. The van der Waals surface area contributed by atoms with Gasteiger partial charge >= 0.3 is 0 Å². The molecular weight excluding hydrogens is 222 g/mol. The number of rotatable bonds is 3. The molecule has 0 aliphatic heterocycles. The van der Waals surface area contributed by atoms with Crippen molar-refractivity contribution >= 4 is 11.8 Å². The van der Waals surface area contributed by atoms with E-state index < -0.39 is 6.10 Å². The van der Waals surface area contributed by atoms with E-state index in [2.05, 4.69) is 4.98 Å². The third-order valence-electron chi connectivity index (χ3n) is 2.17. The Morgan fingerprint density at radius 3 is 2.50 bits per heavy atom. The maximum absolute atomic E-state index is 9.37. The van der Waals surface area contributed by atoms with Crippen molar-refractivity contribution < 1.29 is 9.52 Å². The second-order valence-corrected chi connectivity index (χ2v) is 4.63. The smallest absolute Gasteiger partial charge is 0.260 e. The summed E-state index contributed by atoms with van der Waals surface area (Å²) in [4.78, 5) is 5.26. The number of aromatic nitrogens is 1. The van der Waals surface area contributed by atoms with Gasteiger partial charge in [0, 0.05) is 4.90 Å². The van der Waals surface area contributed by atoms with E-state index in [9.17, 15) is 5.11 Å². The lowest BCUT2D eigenvalue weighted by Gasteiger charge is -2.04. The van der Waals surface area contributed by atoms with E-state index >= 15 is 0 Å². The minimum Gasteiger partial charge on any atom is -0.439 e. The average Bonchev–Trinajstić information content (AvgIpc) is 2.65. The molecule has 0 aliphatic carbocycles. The Labute approximate surface area is 98.5 Å². The zero-order valence-electron chi connectivity index (χ0n) is 9.18. The Morgan fingerprint density at radius 2 is 2.00 bits per heavy atom. The summed E-state index contributed by atoms with van der Waals surface area (Å²) in [6.45, 7) is 3.64. The van der Waals surface area contributed by atoms with Crippen molar-refractivity contribution in [1.29, 1.82) is 0 Å². The number of benzene rings is 1. The number of aliphatic hydroxyl groups is 1. The van der Waals surface area contributed by atoms with Gasteiger partial charge in [-0.3, -0.25) is 0 Å². The molecule has 1 N–H and O–H groups in total. The van der Waals surface area contributed by atoms with Gasteiger partial charge < -0.3 is 9.52 Å². The highest BCUT2D eigenvalue weighted by Crippen LogP contribution is 2.27. The second-order valence-electron chi connectivity index (χ2n) is 3.60. The molecule has 3 nitrogen and oxygen atoms in total. The van der Waals surface area contributed by atoms with E-state index in [1.165, 1.54) is 11.8 Å². The summed E-state index contributed by atoms with van der Waals surface area (Å²) in [7, 11) is 0. The highest BCUT2D eigenvalue weighted by atomic mass is 32.2. The minimum absolute atomic E-state index is 0.428. The molecular formula is C12H13NO2S. The Morgan fingerprint density at radius 1 is 1.31 bits per heavy atom. The highest BCUT2D eigenvalue weighted by Gasteiger charge is 2.05.